The van der Waals surface area contributed by atoms with Gasteiger partial charge in [-0.3, -0.25) is 0 Å². The fourth-order valence-electron chi connectivity index (χ4n) is 3.18. The van der Waals surface area contributed by atoms with E-state index >= 15 is 0 Å². The zero-order valence-electron chi connectivity index (χ0n) is 22.2. The van der Waals surface area contributed by atoms with Crippen molar-refractivity contribution in [1.29, 1.82) is 0 Å². The highest BCUT2D eigenvalue weighted by Crippen LogP contribution is 2.40. The Morgan fingerprint density at radius 2 is 0.730 bits per heavy atom. The Morgan fingerprint density at radius 3 is 1.00 bits per heavy atom. The first-order valence-electron chi connectivity index (χ1n) is 12.9. The summed E-state index contributed by atoms with van der Waals surface area (Å²) in [6, 6.07) is 26.1. The number of benzene rings is 3. The van der Waals surface area contributed by atoms with Crippen molar-refractivity contribution < 1.29 is 13.6 Å². The molecule has 0 fully saturated rings. The summed E-state index contributed by atoms with van der Waals surface area (Å²) in [5, 5.41) is 0. The maximum Gasteiger partial charge on any atom is 0.332 e. The molecule has 0 bridgehead atoms. The van der Waals surface area contributed by atoms with Crippen LogP contribution in [0.15, 0.2) is 87.5 Å². The van der Waals surface area contributed by atoms with E-state index in [9.17, 15) is 0 Å². The maximum atomic E-state index is 6.05. The molecule has 0 atom stereocenters. The Hall–Kier alpha value is -0.980. The van der Waals surface area contributed by atoms with E-state index in [1.54, 1.807) is 0 Å². The van der Waals surface area contributed by atoms with Crippen LogP contribution in [0.4, 0.5) is 0 Å². The van der Waals surface area contributed by atoms with Crippen LogP contribution in [0.25, 0.3) is 0 Å². The molecule has 0 spiro atoms. The van der Waals surface area contributed by atoms with Crippen molar-refractivity contribution in [3.63, 3.8) is 0 Å². The first-order chi connectivity index (χ1) is 18.1. The fourth-order valence-corrected chi connectivity index (χ4v) is 6.72. The van der Waals surface area contributed by atoms with Gasteiger partial charge in [-0.05, 0) is 76.4 Å². The second-order valence-corrected chi connectivity index (χ2v) is 13.5. The lowest BCUT2D eigenvalue weighted by molar-refractivity contribution is 0.161. The van der Waals surface area contributed by atoms with Crippen molar-refractivity contribution in [2.45, 2.75) is 54.7 Å². The summed E-state index contributed by atoms with van der Waals surface area (Å²) in [5.41, 5.74) is 3.88. The second-order valence-electron chi connectivity index (χ2n) is 8.77. The molecule has 200 valence electrons. The SMILES string of the molecule is Cc1ccc(SCCCOP(OCCCSc2ccc(C)cc2)OCCCSc2ccc(C)cc2)cc1. The highest BCUT2D eigenvalue weighted by Gasteiger charge is 2.13. The Labute approximate surface area is 237 Å². The summed E-state index contributed by atoms with van der Waals surface area (Å²) in [6.07, 6.45) is 2.91. The molecule has 3 aromatic rings. The van der Waals surface area contributed by atoms with E-state index in [1.165, 1.54) is 31.4 Å². The van der Waals surface area contributed by atoms with Gasteiger partial charge in [-0.2, -0.15) is 0 Å². The standard InChI is InChI=1S/C30H39O3PS3/c1-25-7-13-28(14-8-25)35-22-4-19-31-34(32-20-5-23-36-29-15-9-26(2)10-16-29)33-21-6-24-37-30-17-11-27(3)12-18-30/h7-18H,4-6,19-24H2,1-3H3. The Bertz CT molecular complexity index is 866. The molecule has 37 heavy (non-hydrogen) atoms. The lowest BCUT2D eigenvalue weighted by Gasteiger charge is -2.17. The van der Waals surface area contributed by atoms with Crippen LogP contribution in [0.3, 0.4) is 0 Å². The van der Waals surface area contributed by atoms with Crippen LogP contribution in [-0.2, 0) is 13.6 Å². The van der Waals surface area contributed by atoms with E-state index in [0.29, 0.717) is 19.8 Å². The average molecular weight is 575 g/mol. The summed E-state index contributed by atoms with van der Waals surface area (Å²) < 4.78 is 18.1. The highest BCUT2D eigenvalue weighted by atomic mass is 32.2. The summed E-state index contributed by atoms with van der Waals surface area (Å²) in [4.78, 5) is 3.91. The minimum absolute atomic E-state index is 0.654. The lowest BCUT2D eigenvalue weighted by Crippen LogP contribution is -2.02. The van der Waals surface area contributed by atoms with Crippen molar-refractivity contribution in [3.8, 4) is 0 Å². The number of aryl methyl sites for hydroxylation is 3. The molecule has 0 aliphatic heterocycles. The molecule has 0 aliphatic rings. The van der Waals surface area contributed by atoms with E-state index in [-0.39, 0.29) is 0 Å². The predicted octanol–water partition coefficient (Wildman–Crippen LogP) is 9.74. The van der Waals surface area contributed by atoms with Crippen LogP contribution in [0.2, 0.25) is 0 Å². The van der Waals surface area contributed by atoms with Gasteiger partial charge in [0.05, 0.1) is 19.8 Å². The van der Waals surface area contributed by atoms with Crippen LogP contribution in [0.1, 0.15) is 36.0 Å². The van der Waals surface area contributed by atoms with Gasteiger partial charge in [0.2, 0.25) is 0 Å². The van der Waals surface area contributed by atoms with E-state index in [0.717, 1.165) is 36.5 Å². The Balaban J connectivity index is 1.33. The van der Waals surface area contributed by atoms with Gasteiger partial charge in [-0.15, -0.1) is 35.3 Å². The van der Waals surface area contributed by atoms with Crippen LogP contribution in [-0.4, -0.2) is 37.1 Å². The minimum Gasteiger partial charge on any atom is -0.312 e. The molecule has 0 saturated heterocycles. The van der Waals surface area contributed by atoms with Gasteiger partial charge in [0.25, 0.3) is 0 Å². The molecule has 3 nitrogen and oxygen atoms in total. The van der Waals surface area contributed by atoms with E-state index < -0.39 is 8.60 Å². The lowest BCUT2D eigenvalue weighted by atomic mass is 10.2. The van der Waals surface area contributed by atoms with E-state index in [2.05, 4.69) is 93.6 Å². The van der Waals surface area contributed by atoms with Crippen molar-refractivity contribution in [3.05, 3.63) is 89.5 Å². The third kappa shape index (κ3) is 13.6. The Morgan fingerprint density at radius 1 is 0.459 bits per heavy atom. The van der Waals surface area contributed by atoms with E-state index in [1.807, 2.05) is 35.3 Å². The quantitative estimate of drug-likeness (QED) is 0.0853. The highest BCUT2D eigenvalue weighted by molar-refractivity contribution is 7.99. The fraction of sp³-hybridized carbons (Fsp3) is 0.400. The molecular weight excluding hydrogens is 536 g/mol. The average Bonchev–Trinajstić information content (AvgIpc) is 2.90. The zero-order valence-corrected chi connectivity index (χ0v) is 25.5. The molecule has 3 aromatic carbocycles. The molecule has 7 heteroatoms. The molecule has 0 amide bonds. The van der Waals surface area contributed by atoms with Crippen molar-refractivity contribution in [2.75, 3.05) is 37.1 Å². The number of thioether (sulfide) groups is 3. The van der Waals surface area contributed by atoms with Gasteiger partial charge in [-0.1, -0.05) is 53.1 Å². The van der Waals surface area contributed by atoms with Crippen LogP contribution in [0, 0.1) is 20.8 Å². The van der Waals surface area contributed by atoms with Crippen LogP contribution in [0.5, 0.6) is 0 Å². The first kappa shape index (κ1) is 30.6. The molecule has 3 rings (SSSR count). The van der Waals surface area contributed by atoms with Crippen LogP contribution < -0.4 is 0 Å². The van der Waals surface area contributed by atoms with Gasteiger partial charge in [-0.25, -0.2) is 0 Å². The molecule has 0 radical (unpaired) electrons. The topological polar surface area (TPSA) is 27.7 Å². The maximum absolute atomic E-state index is 6.05. The van der Waals surface area contributed by atoms with Crippen LogP contribution >= 0.6 is 43.9 Å². The number of rotatable bonds is 18. The van der Waals surface area contributed by atoms with Gasteiger partial charge in [0.15, 0.2) is 0 Å². The number of hydrogen-bond acceptors (Lipinski definition) is 6. The monoisotopic (exact) mass is 574 g/mol. The molecule has 0 aliphatic carbocycles. The second kappa shape index (κ2) is 18.3. The summed E-state index contributed by atoms with van der Waals surface area (Å²) in [5.74, 6) is 3.06. The summed E-state index contributed by atoms with van der Waals surface area (Å²) in [7, 11) is -1.31. The van der Waals surface area contributed by atoms with Crippen molar-refractivity contribution in [2.24, 2.45) is 0 Å². The van der Waals surface area contributed by atoms with Crippen molar-refractivity contribution in [1.82, 2.24) is 0 Å². The molecular formula is C30H39O3PS3. The van der Waals surface area contributed by atoms with E-state index in [4.69, 9.17) is 13.6 Å². The first-order valence-corrected chi connectivity index (χ1v) is 16.9. The third-order valence-corrected chi connectivity index (χ3v) is 9.80. The molecule has 0 N–H and O–H groups in total. The van der Waals surface area contributed by atoms with Gasteiger partial charge in [0.1, 0.15) is 0 Å². The minimum atomic E-state index is -1.31. The normalized spacial score (nSPS) is 11.4. The van der Waals surface area contributed by atoms with Gasteiger partial charge >= 0.3 is 8.60 Å². The Kier molecular flexibility index (Phi) is 15.1. The van der Waals surface area contributed by atoms with Crippen molar-refractivity contribution >= 4 is 43.9 Å². The number of hydrogen-bond donors (Lipinski definition) is 0. The zero-order chi connectivity index (χ0) is 26.1. The molecule has 0 aromatic heterocycles. The smallest absolute Gasteiger partial charge is 0.312 e. The predicted molar refractivity (Wildman–Crippen MR) is 164 cm³/mol. The largest absolute Gasteiger partial charge is 0.332 e. The molecule has 0 unspecified atom stereocenters. The summed E-state index contributed by atoms with van der Waals surface area (Å²) >= 11 is 5.60. The third-order valence-electron chi connectivity index (χ3n) is 5.33. The molecule has 0 saturated carbocycles. The molecule has 0 heterocycles. The van der Waals surface area contributed by atoms with Gasteiger partial charge in [0, 0.05) is 31.9 Å². The summed E-state index contributed by atoms with van der Waals surface area (Å²) in [6.45, 7) is 8.31. The van der Waals surface area contributed by atoms with Gasteiger partial charge < -0.3 is 13.6 Å².